The molecule has 2 heterocycles. The highest BCUT2D eigenvalue weighted by molar-refractivity contribution is 6.04. The molecule has 1 saturated heterocycles. The number of piperidine rings is 1. The van der Waals surface area contributed by atoms with E-state index in [2.05, 4.69) is 24.3 Å². The fraction of sp³-hybridized carbons (Fsp3) is 0.450. The maximum absolute atomic E-state index is 12.9. The van der Waals surface area contributed by atoms with Crippen LogP contribution in [-0.2, 0) is 0 Å². The molecule has 1 aromatic heterocycles. The van der Waals surface area contributed by atoms with Gasteiger partial charge in [-0.1, -0.05) is 25.1 Å². The van der Waals surface area contributed by atoms with Gasteiger partial charge in [-0.25, -0.2) is 0 Å². The minimum atomic E-state index is -0.376. The molecule has 0 unspecified atom stereocenters. The number of carbonyl (C=O) groups is 2. The van der Waals surface area contributed by atoms with Gasteiger partial charge in [0.15, 0.2) is 0 Å². The summed E-state index contributed by atoms with van der Waals surface area (Å²) in [4.78, 5) is 27.1. The highest BCUT2D eigenvalue weighted by Gasteiger charge is 2.26. The molecule has 0 saturated carbocycles. The lowest BCUT2D eigenvalue weighted by Crippen LogP contribution is -2.42. The maximum Gasteiger partial charge on any atom is 0.294 e. The average Bonchev–Trinajstić information content (AvgIpc) is 3.02. The van der Waals surface area contributed by atoms with Crippen molar-refractivity contribution in [1.29, 1.82) is 0 Å². The summed E-state index contributed by atoms with van der Waals surface area (Å²) in [6.45, 7) is 9.55. The van der Waals surface area contributed by atoms with Gasteiger partial charge in [-0.15, -0.1) is 0 Å². The zero-order valence-electron chi connectivity index (χ0n) is 15.7. The molecule has 2 atom stereocenters. The molecule has 2 aromatic rings. The third kappa shape index (κ3) is 3.95. The van der Waals surface area contributed by atoms with E-state index in [1.807, 2.05) is 24.0 Å². The number of likely N-dealkylation sites (tertiary alicyclic amines) is 1. The first-order valence-electron chi connectivity index (χ1n) is 8.98. The monoisotopic (exact) mass is 355 g/mol. The summed E-state index contributed by atoms with van der Waals surface area (Å²) in [7, 11) is 0. The molecule has 6 heteroatoms. The number of aromatic nitrogens is 1. The quantitative estimate of drug-likeness (QED) is 0.912. The van der Waals surface area contributed by atoms with Crippen molar-refractivity contribution in [1.82, 2.24) is 10.1 Å². The molecule has 138 valence electrons. The van der Waals surface area contributed by atoms with Crippen LogP contribution in [0, 0.1) is 25.7 Å². The fourth-order valence-electron chi connectivity index (χ4n) is 3.56. The molecule has 2 amide bonds. The molecule has 0 bridgehead atoms. The summed E-state index contributed by atoms with van der Waals surface area (Å²) in [5, 5.41) is 6.54. The van der Waals surface area contributed by atoms with Crippen molar-refractivity contribution < 1.29 is 14.1 Å². The second-order valence-electron chi connectivity index (χ2n) is 7.47. The van der Waals surface area contributed by atoms with E-state index in [-0.39, 0.29) is 17.6 Å². The molecule has 0 radical (unpaired) electrons. The number of benzene rings is 1. The highest BCUT2D eigenvalue weighted by Crippen LogP contribution is 2.24. The van der Waals surface area contributed by atoms with Crippen LogP contribution in [0.5, 0.6) is 0 Å². The van der Waals surface area contributed by atoms with E-state index in [1.165, 1.54) is 0 Å². The first-order valence-corrected chi connectivity index (χ1v) is 8.98. The zero-order valence-corrected chi connectivity index (χ0v) is 15.7. The molecule has 6 nitrogen and oxygen atoms in total. The molecular formula is C20H25N3O3. The van der Waals surface area contributed by atoms with Crippen molar-refractivity contribution in [2.24, 2.45) is 11.8 Å². The Hall–Kier alpha value is -2.63. The Bertz CT molecular complexity index is 817. The fourth-order valence-corrected chi connectivity index (χ4v) is 3.56. The van der Waals surface area contributed by atoms with Gasteiger partial charge in [-0.05, 0) is 49.8 Å². The lowest BCUT2D eigenvalue weighted by atomic mass is 9.91. The van der Waals surface area contributed by atoms with Gasteiger partial charge in [-0.3, -0.25) is 9.59 Å². The van der Waals surface area contributed by atoms with Gasteiger partial charge in [0.25, 0.3) is 11.8 Å². The van der Waals surface area contributed by atoms with Crippen LogP contribution in [0.4, 0.5) is 5.69 Å². The van der Waals surface area contributed by atoms with Crippen molar-refractivity contribution >= 4 is 17.5 Å². The predicted octanol–water partition coefficient (Wildman–Crippen LogP) is 3.66. The van der Waals surface area contributed by atoms with Crippen LogP contribution in [0.2, 0.25) is 0 Å². The first-order chi connectivity index (χ1) is 12.3. The normalized spacial score (nSPS) is 20.1. The van der Waals surface area contributed by atoms with Gasteiger partial charge >= 0.3 is 0 Å². The second-order valence-corrected chi connectivity index (χ2v) is 7.47. The molecule has 3 rings (SSSR count). The third-order valence-corrected chi connectivity index (χ3v) is 4.74. The van der Waals surface area contributed by atoms with Gasteiger partial charge in [0, 0.05) is 30.4 Å². The van der Waals surface area contributed by atoms with Crippen molar-refractivity contribution in [2.75, 3.05) is 18.4 Å². The molecule has 1 N–H and O–H groups in total. The van der Waals surface area contributed by atoms with E-state index >= 15 is 0 Å². The van der Waals surface area contributed by atoms with Crippen LogP contribution in [-0.4, -0.2) is 35.0 Å². The van der Waals surface area contributed by atoms with E-state index in [0.29, 0.717) is 28.8 Å². The first kappa shape index (κ1) is 18.2. The molecule has 1 fully saturated rings. The largest absolute Gasteiger partial charge is 0.351 e. The van der Waals surface area contributed by atoms with Gasteiger partial charge in [0.2, 0.25) is 5.76 Å². The Morgan fingerprint density at radius 3 is 2.46 bits per heavy atom. The third-order valence-electron chi connectivity index (χ3n) is 4.74. The minimum absolute atomic E-state index is 0.00871. The lowest BCUT2D eigenvalue weighted by molar-refractivity contribution is 0.0623. The maximum atomic E-state index is 12.9. The van der Waals surface area contributed by atoms with E-state index < -0.39 is 0 Å². The Balaban J connectivity index is 1.78. The highest BCUT2D eigenvalue weighted by atomic mass is 16.5. The van der Waals surface area contributed by atoms with Crippen LogP contribution < -0.4 is 5.32 Å². The Morgan fingerprint density at radius 1 is 1.15 bits per heavy atom. The number of anilines is 1. The van der Waals surface area contributed by atoms with E-state index in [9.17, 15) is 9.59 Å². The smallest absolute Gasteiger partial charge is 0.294 e. The molecule has 1 aromatic carbocycles. The van der Waals surface area contributed by atoms with Crippen molar-refractivity contribution in [2.45, 2.75) is 34.1 Å². The van der Waals surface area contributed by atoms with Crippen molar-refractivity contribution in [3.05, 3.63) is 46.8 Å². The number of hydrogen-bond donors (Lipinski definition) is 1. The number of amides is 2. The van der Waals surface area contributed by atoms with Crippen LogP contribution in [0.1, 0.15) is 52.4 Å². The summed E-state index contributed by atoms with van der Waals surface area (Å²) in [6, 6.07) is 6.99. The van der Waals surface area contributed by atoms with Crippen LogP contribution in [0.15, 0.2) is 28.8 Å². The summed E-state index contributed by atoms with van der Waals surface area (Å²) < 4.78 is 5.00. The van der Waals surface area contributed by atoms with E-state index in [1.54, 1.807) is 19.1 Å². The minimum Gasteiger partial charge on any atom is -0.351 e. The topological polar surface area (TPSA) is 75.4 Å². The molecule has 0 aliphatic carbocycles. The summed E-state index contributed by atoms with van der Waals surface area (Å²) >= 11 is 0. The van der Waals surface area contributed by atoms with Crippen LogP contribution in [0.25, 0.3) is 0 Å². The Morgan fingerprint density at radius 2 is 1.85 bits per heavy atom. The number of nitrogens with zero attached hydrogens (tertiary/aromatic N) is 2. The molecule has 26 heavy (non-hydrogen) atoms. The predicted molar refractivity (Wildman–Crippen MR) is 99.2 cm³/mol. The molecule has 1 aliphatic rings. The van der Waals surface area contributed by atoms with Gasteiger partial charge < -0.3 is 14.7 Å². The van der Waals surface area contributed by atoms with Crippen LogP contribution >= 0.6 is 0 Å². The standard InChI is InChI=1S/C20H25N3O3/c1-12-7-13(2)11-23(10-12)20(25)16-6-5-14(3)17(9-16)21-19(24)18-8-15(4)22-26-18/h5-6,8-9,12-13H,7,10-11H2,1-4H3,(H,21,24)/t12-,13-/m1/s1. The number of aryl methyl sites for hydroxylation is 2. The number of hydrogen-bond acceptors (Lipinski definition) is 4. The molecule has 1 aliphatic heterocycles. The zero-order chi connectivity index (χ0) is 18.8. The lowest BCUT2D eigenvalue weighted by Gasteiger charge is -2.35. The summed E-state index contributed by atoms with van der Waals surface area (Å²) in [5.74, 6) is 0.786. The van der Waals surface area contributed by atoms with E-state index in [0.717, 1.165) is 25.1 Å². The average molecular weight is 355 g/mol. The summed E-state index contributed by atoms with van der Waals surface area (Å²) in [5.41, 5.74) is 2.71. The second kappa shape index (κ2) is 7.32. The van der Waals surface area contributed by atoms with Crippen molar-refractivity contribution in [3.63, 3.8) is 0 Å². The number of carbonyl (C=O) groups excluding carboxylic acids is 2. The SMILES string of the molecule is Cc1cc(C(=O)Nc2cc(C(=O)N3C[C@H](C)C[C@@H](C)C3)ccc2C)on1. The summed E-state index contributed by atoms with van der Waals surface area (Å²) in [6.07, 6.45) is 1.15. The molecule has 0 spiro atoms. The Labute approximate surface area is 153 Å². The number of rotatable bonds is 3. The van der Waals surface area contributed by atoms with Gasteiger partial charge in [-0.2, -0.15) is 0 Å². The Kier molecular flexibility index (Phi) is 5.11. The van der Waals surface area contributed by atoms with Gasteiger partial charge in [0.05, 0.1) is 5.69 Å². The molecular weight excluding hydrogens is 330 g/mol. The van der Waals surface area contributed by atoms with Crippen molar-refractivity contribution in [3.8, 4) is 0 Å². The number of nitrogens with one attached hydrogen (secondary N) is 1. The van der Waals surface area contributed by atoms with E-state index in [4.69, 9.17) is 4.52 Å². The van der Waals surface area contributed by atoms with Gasteiger partial charge in [0.1, 0.15) is 0 Å². The van der Waals surface area contributed by atoms with Crippen LogP contribution in [0.3, 0.4) is 0 Å².